The zero-order chi connectivity index (χ0) is 23.8. The molecule has 9 heteroatoms. The van der Waals surface area contributed by atoms with Crippen molar-refractivity contribution < 1.29 is 17.9 Å². The van der Waals surface area contributed by atoms with Gasteiger partial charge in [-0.05, 0) is 68.2 Å². The maximum absolute atomic E-state index is 13.4. The summed E-state index contributed by atoms with van der Waals surface area (Å²) in [6.45, 7) is 4.59. The van der Waals surface area contributed by atoms with Crippen molar-refractivity contribution in [2.24, 2.45) is 0 Å². The molecule has 0 saturated carbocycles. The number of amides is 1. The van der Waals surface area contributed by atoms with Crippen molar-refractivity contribution in [2.75, 3.05) is 50.2 Å². The quantitative estimate of drug-likeness (QED) is 0.581. The van der Waals surface area contributed by atoms with Crippen LogP contribution in [0.2, 0.25) is 0 Å². The number of anilines is 1. The van der Waals surface area contributed by atoms with Crippen molar-refractivity contribution in [1.29, 1.82) is 0 Å². The maximum atomic E-state index is 13.4. The lowest BCUT2D eigenvalue weighted by Gasteiger charge is -2.27. The average Bonchev–Trinajstić information content (AvgIpc) is 3.08. The van der Waals surface area contributed by atoms with Crippen molar-refractivity contribution in [3.8, 4) is 5.75 Å². The number of nitrogens with one attached hydrogen (secondary N) is 1. The lowest BCUT2D eigenvalue weighted by atomic mass is 10.2. The fourth-order valence-corrected chi connectivity index (χ4v) is 5.55. The van der Waals surface area contributed by atoms with Crippen molar-refractivity contribution in [1.82, 2.24) is 9.62 Å². The van der Waals surface area contributed by atoms with Crippen LogP contribution in [0.3, 0.4) is 0 Å². The van der Waals surface area contributed by atoms with E-state index in [1.807, 2.05) is 37.4 Å². The van der Waals surface area contributed by atoms with Gasteiger partial charge in [0.05, 0.1) is 12.0 Å². The summed E-state index contributed by atoms with van der Waals surface area (Å²) in [7, 11) is -2.15. The van der Waals surface area contributed by atoms with Crippen LogP contribution in [0.4, 0.5) is 5.69 Å². The Morgan fingerprint density at radius 1 is 1.06 bits per heavy atom. The van der Waals surface area contributed by atoms with Gasteiger partial charge in [-0.15, -0.1) is 0 Å². The Labute approximate surface area is 201 Å². The van der Waals surface area contributed by atoms with Gasteiger partial charge in [0.1, 0.15) is 11.8 Å². The fourth-order valence-electron chi connectivity index (χ4n) is 3.85. The van der Waals surface area contributed by atoms with Crippen LogP contribution >= 0.6 is 11.8 Å². The lowest BCUT2D eigenvalue weighted by Crippen LogP contribution is -2.49. The van der Waals surface area contributed by atoms with Crippen molar-refractivity contribution >= 4 is 33.4 Å². The molecule has 1 unspecified atom stereocenters. The van der Waals surface area contributed by atoms with Crippen LogP contribution < -0.4 is 14.4 Å². The summed E-state index contributed by atoms with van der Waals surface area (Å²) in [6.07, 6.45) is 3.22. The minimum Gasteiger partial charge on any atom is -0.497 e. The largest absolute Gasteiger partial charge is 0.497 e. The summed E-state index contributed by atoms with van der Waals surface area (Å²) >= 11 is 1.60. The molecule has 2 aromatic rings. The Hall–Kier alpha value is -2.23. The zero-order valence-electron chi connectivity index (χ0n) is 19.5. The van der Waals surface area contributed by atoms with E-state index in [-0.39, 0.29) is 10.8 Å². The second-order valence-corrected chi connectivity index (χ2v) is 10.8. The number of nitrogens with zero attached hydrogens (tertiary/aromatic N) is 2. The van der Waals surface area contributed by atoms with Crippen LogP contribution in [-0.4, -0.2) is 70.6 Å². The van der Waals surface area contributed by atoms with E-state index in [2.05, 4.69) is 9.62 Å². The SMILES string of the molecule is COc1ccc(N2CCCN(C(=O)C(CCSC)NS(=O)(=O)c3ccc(C)cc3)CC2)cc1. The molecule has 0 aliphatic carbocycles. The van der Waals surface area contributed by atoms with Gasteiger partial charge in [0, 0.05) is 31.9 Å². The second-order valence-electron chi connectivity index (χ2n) is 8.13. The lowest BCUT2D eigenvalue weighted by molar-refractivity contribution is -0.132. The predicted molar refractivity (Wildman–Crippen MR) is 135 cm³/mol. The molecular weight excluding hydrogens is 458 g/mol. The second kappa shape index (κ2) is 11.8. The van der Waals surface area contributed by atoms with E-state index in [0.717, 1.165) is 30.0 Å². The van der Waals surface area contributed by atoms with Gasteiger partial charge in [-0.3, -0.25) is 4.79 Å². The van der Waals surface area contributed by atoms with Crippen LogP contribution in [-0.2, 0) is 14.8 Å². The normalized spacial score (nSPS) is 15.7. The van der Waals surface area contributed by atoms with Crippen LogP contribution in [0.5, 0.6) is 5.75 Å². The van der Waals surface area contributed by atoms with Gasteiger partial charge in [-0.1, -0.05) is 17.7 Å². The van der Waals surface area contributed by atoms with Gasteiger partial charge in [0.25, 0.3) is 0 Å². The summed E-state index contributed by atoms with van der Waals surface area (Å²) in [5, 5.41) is 0. The first kappa shape index (κ1) is 25.4. The molecular formula is C24H33N3O4S2. The highest BCUT2D eigenvalue weighted by Crippen LogP contribution is 2.21. The summed E-state index contributed by atoms with van der Waals surface area (Å²) in [5.74, 6) is 1.35. The summed E-state index contributed by atoms with van der Waals surface area (Å²) in [5.41, 5.74) is 2.07. The standard InChI is InChI=1S/C24H33N3O4S2/c1-19-5-11-22(12-6-19)33(29,30)25-23(13-18-32-3)24(28)27-15-4-14-26(16-17-27)20-7-9-21(31-2)10-8-20/h5-12,23,25H,4,13-18H2,1-3H3. The van der Waals surface area contributed by atoms with E-state index in [4.69, 9.17) is 4.74 Å². The zero-order valence-corrected chi connectivity index (χ0v) is 21.1. The van der Waals surface area contributed by atoms with Gasteiger partial charge in [-0.2, -0.15) is 16.5 Å². The number of hydrogen-bond acceptors (Lipinski definition) is 6. The average molecular weight is 492 g/mol. The van der Waals surface area contributed by atoms with E-state index >= 15 is 0 Å². The molecule has 1 atom stereocenters. The minimum atomic E-state index is -3.79. The molecule has 0 spiro atoms. The monoisotopic (exact) mass is 491 g/mol. The molecule has 3 rings (SSSR count). The minimum absolute atomic E-state index is 0.156. The summed E-state index contributed by atoms with van der Waals surface area (Å²) in [4.78, 5) is 17.6. The van der Waals surface area contributed by atoms with Gasteiger partial charge in [0.2, 0.25) is 15.9 Å². The number of rotatable bonds is 9. The van der Waals surface area contributed by atoms with E-state index < -0.39 is 16.1 Å². The molecule has 1 fully saturated rings. The number of aryl methyl sites for hydroxylation is 1. The number of ether oxygens (including phenoxy) is 1. The van der Waals surface area contributed by atoms with Crippen molar-refractivity contribution in [2.45, 2.75) is 30.7 Å². The van der Waals surface area contributed by atoms with Crippen LogP contribution in [0.1, 0.15) is 18.4 Å². The number of sulfonamides is 1. The van der Waals surface area contributed by atoms with Gasteiger partial charge in [-0.25, -0.2) is 8.42 Å². The molecule has 1 aliphatic heterocycles. The van der Waals surface area contributed by atoms with E-state index in [1.54, 1.807) is 48.0 Å². The van der Waals surface area contributed by atoms with E-state index in [9.17, 15) is 13.2 Å². The highest BCUT2D eigenvalue weighted by Gasteiger charge is 2.30. The summed E-state index contributed by atoms with van der Waals surface area (Å²) in [6, 6.07) is 13.8. The number of carbonyl (C=O) groups excluding carboxylic acids is 1. The third-order valence-electron chi connectivity index (χ3n) is 5.78. The van der Waals surface area contributed by atoms with Crippen LogP contribution in [0.15, 0.2) is 53.4 Å². The number of carbonyl (C=O) groups is 1. The molecule has 0 aromatic heterocycles. The third-order valence-corrected chi connectivity index (χ3v) is 7.91. The molecule has 1 saturated heterocycles. The van der Waals surface area contributed by atoms with E-state index in [0.29, 0.717) is 31.8 Å². The predicted octanol–water partition coefficient (Wildman–Crippen LogP) is 3.14. The van der Waals surface area contributed by atoms with Gasteiger partial charge in [0.15, 0.2) is 0 Å². The molecule has 1 heterocycles. The first-order valence-electron chi connectivity index (χ1n) is 11.1. The number of methoxy groups -OCH3 is 1. The Kier molecular flexibility index (Phi) is 9.05. The molecule has 33 heavy (non-hydrogen) atoms. The Bertz CT molecular complexity index is 1010. The molecule has 1 amide bonds. The van der Waals surface area contributed by atoms with Gasteiger partial charge < -0.3 is 14.5 Å². The van der Waals surface area contributed by atoms with Gasteiger partial charge >= 0.3 is 0 Å². The molecule has 180 valence electrons. The van der Waals surface area contributed by atoms with E-state index in [1.165, 1.54) is 0 Å². The number of hydrogen-bond donors (Lipinski definition) is 1. The number of thioether (sulfide) groups is 1. The Balaban J connectivity index is 1.69. The molecule has 0 radical (unpaired) electrons. The van der Waals surface area contributed by atoms with Crippen LogP contribution in [0, 0.1) is 6.92 Å². The fraction of sp³-hybridized carbons (Fsp3) is 0.458. The molecule has 1 aliphatic rings. The Morgan fingerprint density at radius 2 is 1.76 bits per heavy atom. The molecule has 0 bridgehead atoms. The first-order chi connectivity index (χ1) is 15.8. The van der Waals surface area contributed by atoms with Crippen LogP contribution in [0.25, 0.3) is 0 Å². The Morgan fingerprint density at radius 3 is 2.39 bits per heavy atom. The summed E-state index contributed by atoms with van der Waals surface area (Å²) < 4.78 is 33.8. The molecule has 7 nitrogen and oxygen atoms in total. The number of benzene rings is 2. The van der Waals surface area contributed by atoms with Crippen molar-refractivity contribution in [3.63, 3.8) is 0 Å². The maximum Gasteiger partial charge on any atom is 0.241 e. The highest BCUT2D eigenvalue weighted by atomic mass is 32.2. The topological polar surface area (TPSA) is 79.0 Å². The molecule has 1 N–H and O–H groups in total. The first-order valence-corrected chi connectivity index (χ1v) is 14.0. The van der Waals surface area contributed by atoms with Crippen molar-refractivity contribution in [3.05, 3.63) is 54.1 Å². The smallest absolute Gasteiger partial charge is 0.241 e. The third kappa shape index (κ3) is 6.88. The molecule has 2 aromatic carbocycles. The highest BCUT2D eigenvalue weighted by molar-refractivity contribution is 7.98.